The molecule has 5 heteroatoms. The van der Waals surface area contributed by atoms with Crippen LogP contribution in [0.3, 0.4) is 0 Å². The number of hydrogen-bond donors (Lipinski definition) is 1. The van der Waals surface area contributed by atoms with Gasteiger partial charge in [0.1, 0.15) is 17.6 Å². The highest BCUT2D eigenvalue weighted by atomic mass is 16.5. The number of rotatable bonds is 5. The van der Waals surface area contributed by atoms with E-state index < -0.39 is 0 Å². The summed E-state index contributed by atoms with van der Waals surface area (Å²) in [6, 6.07) is 5.51. The van der Waals surface area contributed by atoms with Crippen LogP contribution in [0, 0.1) is 0 Å². The van der Waals surface area contributed by atoms with Gasteiger partial charge in [-0.3, -0.25) is 4.79 Å². The molecule has 0 aromatic heterocycles. The normalized spacial score (nSPS) is 18.1. The Kier molecular flexibility index (Phi) is 4.63. The second kappa shape index (κ2) is 6.43. The number of carbonyl (C=O) groups excluding carboxylic acids is 1. The van der Waals surface area contributed by atoms with E-state index in [2.05, 4.69) is 5.32 Å². The molecule has 1 aliphatic heterocycles. The van der Waals surface area contributed by atoms with E-state index in [1.807, 2.05) is 18.2 Å². The van der Waals surface area contributed by atoms with Crippen LogP contribution in [0.5, 0.6) is 11.5 Å². The number of amides is 1. The summed E-state index contributed by atoms with van der Waals surface area (Å²) >= 11 is 0. The molecule has 5 nitrogen and oxygen atoms in total. The van der Waals surface area contributed by atoms with Crippen LogP contribution in [0.25, 0.3) is 0 Å². The zero-order valence-electron chi connectivity index (χ0n) is 11.3. The lowest BCUT2D eigenvalue weighted by Crippen LogP contribution is -2.33. The standard InChI is InChI=1S/C14H19NO4/c1-17-11-5-6-12(18-2)10(8-11)9-15-14(16)13-4-3-7-19-13/h5-6,8,13H,3-4,7,9H2,1-2H3,(H,15,16). The summed E-state index contributed by atoms with van der Waals surface area (Å²) in [7, 11) is 3.21. The average Bonchev–Trinajstić information content (AvgIpc) is 2.98. The van der Waals surface area contributed by atoms with Crippen LogP contribution in [0.2, 0.25) is 0 Å². The molecule has 0 bridgehead atoms. The Balaban J connectivity index is 1.99. The summed E-state index contributed by atoms with van der Waals surface area (Å²) in [5, 5.41) is 2.87. The molecule has 1 atom stereocenters. The Morgan fingerprint density at radius 3 is 2.89 bits per heavy atom. The number of nitrogens with one attached hydrogen (secondary N) is 1. The van der Waals surface area contributed by atoms with Crippen molar-refractivity contribution in [1.82, 2.24) is 5.32 Å². The van der Waals surface area contributed by atoms with Gasteiger partial charge in [0.05, 0.1) is 14.2 Å². The van der Waals surface area contributed by atoms with Crippen molar-refractivity contribution in [3.8, 4) is 11.5 Å². The Labute approximate surface area is 112 Å². The second-order valence-corrected chi connectivity index (χ2v) is 4.40. The maximum absolute atomic E-state index is 11.9. The quantitative estimate of drug-likeness (QED) is 0.876. The first-order valence-electron chi connectivity index (χ1n) is 6.35. The molecule has 1 aromatic carbocycles. The maximum Gasteiger partial charge on any atom is 0.249 e. The Bertz CT molecular complexity index is 441. The predicted octanol–water partition coefficient (Wildman–Crippen LogP) is 1.50. The van der Waals surface area contributed by atoms with Crippen LogP contribution >= 0.6 is 0 Å². The minimum absolute atomic E-state index is 0.0672. The van der Waals surface area contributed by atoms with Gasteiger partial charge in [-0.2, -0.15) is 0 Å². The Morgan fingerprint density at radius 1 is 1.42 bits per heavy atom. The van der Waals surface area contributed by atoms with E-state index >= 15 is 0 Å². The fourth-order valence-corrected chi connectivity index (χ4v) is 2.10. The van der Waals surface area contributed by atoms with Gasteiger partial charge in [-0.05, 0) is 31.0 Å². The van der Waals surface area contributed by atoms with E-state index in [-0.39, 0.29) is 12.0 Å². The fraction of sp³-hybridized carbons (Fsp3) is 0.500. The van der Waals surface area contributed by atoms with Gasteiger partial charge >= 0.3 is 0 Å². The highest BCUT2D eigenvalue weighted by Gasteiger charge is 2.23. The molecule has 1 unspecified atom stereocenters. The third-order valence-electron chi connectivity index (χ3n) is 3.16. The van der Waals surface area contributed by atoms with Gasteiger partial charge in [-0.25, -0.2) is 0 Å². The third kappa shape index (κ3) is 3.38. The fourth-order valence-electron chi connectivity index (χ4n) is 2.10. The zero-order chi connectivity index (χ0) is 13.7. The number of ether oxygens (including phenoxy) is 3. The van der Waals surface area contributed by atoms with Crippen molar-refractivity contribution in [3.63, 3.8) is 0 Å². The van der Waals surface area contributed by atoms with Crippen LogP contribution in [0.1, 0.15) is 18.4 Å². The van der Waals surface area contributed by atoms with Crippen LogP contribution in [0.15, 0.2) is 18.2 Å². The van der Waals surface area contributed by atoms with Gasteiger partial charge in [0.25, 0.3) is 0 Å². The molecule has 1 aromatic rings. The van der Waals surface area contributed by atoms with Crippen molar-refractivity contribution in [2.75, 3.05) is 20.8 Å². The van der Waals surface area contributed by atoms with Crippen LogP contribution in [-0.2, 0) is 16.1 Å². The number of benzene rings is 1. The lowest BCUT2D eigenvalue weighted by atomic mass is 10.1. The van der Waals surface area contributed by atoms with Gasteiger partial charge < -0.3 is 19.5 Å². The van der Waals surface area contributed by atoms with E-state index in [4.69, 9.17) is 14.2 Å². The Morgan fingerprint density at radius 2 is 2.26 bits per heavy atom. The number of methoxy groups -OCH3 is 2. The first-order valence-corrected chi connectivity index (χ1v) is 6.35. The number of carbonyl (C=O) groups is 1. The summed E-state index contributed by atoms with van der Waals surface area (Å²) in [6.07, 6.45) is 1.43. The van der Waals surface area contributed by atoms with Crippen molar-refractivity contribution < 1.29 is 19.0 Å². The molecule has 1 saturated heterocycles. The van der Waals surface area contributed by atoms with Gasteiger partial charge in [0, 0.05) is 18.7 Å². The molecule has 1 amide bonds. The molecule has 0 spiro atoms. The van der Waals surface area contributed by atoms with E-state index in [9.17, 15) is 4.79 Å². The van der Waals surface area contributed by atoms with Crippen molar-refractivity contribution in [1.29, 1.82) is 0 Å². The molecule has 0 aliphatic carbocycles. The largest absolute Gasteiger partial charge is 0.497 e. The highest BCUT2D eigenvalue weighted by molar-refractivity contribution is 5.81. The molecule has 1 aliphatic rings. The SMILES string of the molecule is COc1ccc(OC)c(CNC(=O)C2CCCO2)c1. The molecule has 1 fully saturated rings. The summed E-state index contributed by atoms with van der Waals surface area (Å²) in [5.74, 6) is 1.40. The van der Waals surface area contributed by atoms with E-state index in [1.165, 1.54) is 0 Å². The average molecular weight is 265 g/mol. The molecule has 1 N–H and O–H groups in total. The van der Waals surface area contributed by atoms with Gasteiger partial charge in [-0.1, -0.05) is 0 Å². The minimum atomic E-state index is -0.309. The minimum Gasteiger partial charge on any atom is -0.497 e. The van der Waals surface area contributed by atoms with Crippen LogP contribution in [0.4, 0.5) is 0 Å². The van der Waals surface area contributed by atoms with Gasteiger partial charge in [0.2, 0.25) is 5.91 Å². The third-order valence-corrected chi connectivity index (χ3v) is 3.16. The monoisotopic (exact) mass is 265 g/mol. The van der Waals surface area contributed by atoms with Crippen molar-refractivity contribution >= 4 is 5.91 Å². The predicted molar refractivity (Wildman–Crippen MR) is 70.4 cm³/mol. The van der Waals surface area contributed by atoms with E-state index in [0.717, 1.165) is 29.9 Å². The summed E-state index contributed by atoms with van der Waals surface area (Å²) in [6.45, 7) is 1.07. The summed E-state index contributed by atoms with van der Waals surface area (Å²) in [5.41, 5.74) is 0.883. The van der Waals surface area contributed by atoms with Crippen molar-refractivity contribution in [2.24, 2.45) is 0 Å². The zero-order valence-corrected chi connectivity index (χ0v) is 11.3. The lowest BCUT2D eigenvalue weighted by Gasteiger charge is -2.13. The topological polar surface area (TPSA) is 56.8 Å². The Hall–Kier alpha value is -1.75. The highest BCUT2D eigenvalue weighted by Crippen LogP contribution is 2.24. The molecule has 0 radical (unpaired) electrons. The molecule has 1 heterocycles. The lowest BCUT2D eigenvalue weighted by molar-refractivity contribution is -0.130. The second-order valence-electron chi connectivity index (χ2n) is 4.40. The van der Waals surface area contributed by atoms with Gasteiger partial charge in [-0.15, -0.1) is 0 Å². The molecule has 2 rings (SSSR count). The van der Waals surface area contributed by atoms with Crippen LogP contribution in [-0.4, -0.2) is 32.8 Å². The van der Waals surface area contributed by atoms with Crippen molar-refractivity contribution in [2.45, 2.75) is 25.5 Å². The molecular weight excluding hydrogens is 246 g/mol. The smallest absolute Gasteiger partial charge is 0.249 e. The summed E-state index contributed by atoms with van der Waals surface area (Å²) < 4.78 is 15.8. The van der Waals surface area contributed by atoms with E-state index in [1.54, 1.807) is 14.2 Å². The molecule has 0 saturated carbocycles. The first-order chi connectivity index (χ1) is 9.24. The molecular formula is C14H19NO4. The van der Waals surface area contributed by atoms with Gasteiger partial charge in [0.15, 0.2) is 0 Å². The molecule has 104 valence electrons. The summed E-state index contributed by atoms with van der Waals surface area (Å²) in [4.78, 5) is 11.9. The van der Waals surface area contributed by atoms with Crippen LogP contribution < -0.4 is 14.8 Å². The molecule has 19 heavy (non-hydrogen) atoms. The maximum atomic E-state index is 11.9. The van der Waals surface area contributed by atoms with E-state index in [0.29, 0.717) is 13.2 Å². The first kappa shape index (κ1) is 13.7. The number of hydrogen-bond acceptors (Lipinski definition) is 4. The van der Waals surface area contributed by atoms with Crippen molar-refractivity contribution in [3.05, 3.63) is 23.8 Å².